The largest absolute Gasteiger partial charge is 0.365 e. The van der Waals surface area contributed by atoms with E-state index in [-0.39, 0.29) is 0 Å². The molecule has 2 aliphatic heterocycles. The van der Waals surface area contributed by atoms with E-state index in [1.165, 1.54) is 11.1 Å². The number of anilines is 1. The molecule has 12 heavy (non-hydrogen) atoms. The van der Waals surface area contributed by atoms with Crippen LogP contribution in [0.5, 0.6) is 0 Å². The zero-order chi connectivity index (χ0) is 8.13. The van der Waals surface area contributed by atoms with Crippen LogP contribution in [0.1, 0.15) is 11.1 Å². The van der Waals surface area contributed by atoms with Crippen LogP contribution in [0.4, 0.5) is 11.4 Å². The Morgan fingerprint density at radius 2 is 2.33 bits per heavy atom. The summed E-state index contributed by atoms with van der Waals surface area (Å²) < 4.78 is 0. The molecule has 0 amide bonds. The molecule has 1 aromatic carbocycles. The topological polar surface area (TPSA) is 32.7 Å². The minimum atomic E-state index is 0.611. The average Bonchev–Trinajstić information content (AvgIpc) is 2.10. The van der Waals surface area contributed by atoms with Crippen molar-refractivity contribution >= 4 is 11.4 Å². The van der Waals surface area contributed by atoms with E-state index in [4.69, 9.17) is 0 Å². The van der Waals surface area contributed by atoms with Crippen molar-refractivity contribution in [1.29, 1.82) is 0 Å². The monoisotopic (exact) mass is 160 g/mol. The fraction of sp³-hybridized carbons (Fsp3) is 0.333. The van der Waals surface area contributed by atoms with Crippen LogP contribution in [0.2, 0.25) is 0 Å². The van der Waals surface area contributed by atoms with Crippen molar-refractivity contribution in [3.05, 3.63) is 28.2 Å². The third-order valence-corrected chi connectivity index (χ3v) is 2.77. The first kappa shape index (κ1) is 6.17. The highest BCUT2D eigenvalue weighted by atomic mass is 16.3. The molecule has 0 atom stereocenters. The summed E-state index contributed by atoms with van der Waals surface area (Å²) in [4.78, 5) is 12.6. The van der Waals surface area contributed by atoms with Gasteiger partial charge in [0.15, 0.2) is 0 Å². The molecule has 3 heteroatoms. The van der Waals surface area contributed by atoms with Crippen molar-refractivity contribution in [2.45, 2.75) is 13.0 Å². The Morgan fingerprint density at radius 1 is 1.42 bits per heavy atom. The maximum atomic E-state index is 10.4. The first-order valence-electron chi connectivity index (χ1n) is 4.13. The van der Waals surface area contributed by atoms with Crippen molar-refractivity contribution in [3.63, 3.8) is 0 Å². The lowest BCUT2D eigenvalue weighted by Gasteiger charge is -2.42. The normalized spacial score (nSPS) is 17.2. The lowest BCUT2D eigenvalue weighted by molar-refractivity contribution is 0.669. The summed E-state index contributed by atoms with van der Waals surface area (Å²) in [5.41, 5.74) is 4.45. The first-order chi connectivity index (χ1) is 5.90. The van der Waals surface area contributed by atoms with E-state index in [0.29, 0.717) is 5.69 Å². The maximum absolute atomic E-state index is 10.4. The average molecular weight is 160 g/mol. The van der Waals surface area contributed by atoms with Crippen molar-refractivity contribution in [1.82, 2.24) is 0 Å². The van der Waals surface area contributed by atoms with E-state index < -0.39 is 0 Å². The van der Waals surface area contributed by atoms with Crippen molar-refractivity contribution in [2.24, 2.45) is 5.18 Å². The molecule has 0 aromatic heterocycles. The first-order valence-corrected chi connectivity index (χ1v) is 4.13. The number of nitrogens with zero attached hydrogens (tertiary/aromatic N) is 2. The van der Waals surface area contributed by atoms with E-state index in [1.807, 2.05) is 12.1 Å². The molecule has 0 saturated carbocycles. The molecule has 1 aromatic rings. The van der Waals surface area contributed by atoms with Gasteiger partial charge in [0.25, 0.3) is 0 Å². The minimum Gasteiger partial charge on any atom is -0.365 e. The molecule has 2 heterocycles. The smallest absolute Gasteiger partial charge is 0.131 e. The lowest BCUT2D eigenvalue weighted by Crippen LogP contribution is -2.39. The highest BCUT2D eigenvalue weighted by Gasteiger charge is 2.32. The van der Waals surface area contributed by atoms with Gasteiger partial charge in [-0.15, -0.1) is 4.91 Å². The molecule has 3 rings (SSSR count). The van der Waals surface area contributed by atoms with Crippen LogP contribution < -0.4 is 4.90 Å². The van der Waals surface area contributed by atoms with Gasteiger partial charge in [0.1, 0.15) is 5.69 Å². The predicted octanol–water partition coefficient (Wildman–Crippen LogP) is 1.96. The van der Waals surface area contributed by atoms with Gasteiger partial charge in [-0.3, -0.25) is 0 Å². The number of hydrogen-bond donors (Lipinski definition) is 0. The Labute approximate surface area is 70.0 Å². The van der Waals surface area contributed by atoms with Gasteiger partial charge < -0.3 is 4.90 Å². The Balaban J connectivity index is 2.32. The molecule has 2 aliphatic rings. The van der Waals surface area contributed by atoms with Crippen LogP contribution in [0.3, 0.4) is 0 Å². The zero-order valence-electron chi connectivity index (χ0n) is 6.58. The molecule has 0 radical (unpaired) electrons. The second-order valence-corrected chi connectivity index (χ2v) is 3.33. The summed E-state index contributed by atoms with van der Waals surface area (Å²) in [7, 11) is 0. The van der Waals surface area contributed by atoms with Gasteiger partial charge in [-0.25, -0.2) is 0 Å². The van der Waals surface area contributed by atoms with Crippen molar-refractivity contribution in [3.8, 4) is 0 Å². The molecule has 60 valence electrons. The van der Waals surface area contributed by atoms with Gasteiger partial charge >= 0.3 is 0 Å². The second-order valence-electron chi connectivity index (χ2n) is 3.33. The third kappa shape index (κ3) is 0.534. The van der Waals surface area contributed by atoms with Gasteiger partial charge in [0, 0.05) is 18.7 Å². The molecule has 0 spiro atoms. The van der Waals surface area contributed by atoms with Crippen molar-refractivity contribution < 1.29 is 0 Å². The van der Waals surface area contributed by atoms with Gasteiger partial charge in [-0.1, -0.05) is 6.07 Å². The van der Waals surface area contributed by atoms with Gasteiger partial charge in [-0.2, -0.15) is 0 Å². The number of hydrogen-bond acceptors (Lipinski definition) is 3. The maximum Gasteiger partial charge on any atom is 0.131 e. The molecule has 3 nitrogen and oxygen atoms in total. The highest BCUT2D eigenvalue weighted by Crippen LogP contribution is 2.46. The molecular formula is C9H8N2O. The van der Waals surface area contributed by atoms with Crippen LogP contribution in [0, 0.1) is 4.91 Å². The zero-order valence-corrected chi connectivity index (χ0v) is 6.58. The van der Waals surface area contributed by atoms with E-state index in [2.05, 4.69) is 10.1 Å². The Bertz CT molecular complexity index is 373. The molecule has 4 bridgehead atoms. The summed E-state index contributed by atoms with van der Waals surface area (Å²) in [6, 6.07) is 3.86. The van der Waals surface area contributed by atoms with E-state index in [0.717, 1.165) is 25.2 Å². The van der Waals surface area contributed by atoms with Crippen molar-refractivity contribution in [2.75, 3.05) is 11.4 Å². The summed E-state index contributed by atoms with van der Waals surface area (Å²) in [6.45, 7) is 2.07. The fourth-order valence-corrected chi connectivity index (χ4v) is 2.13. The summed E-state index contributed by atoms with van der Waals surface area (Å²) in [5, 5.41) is 3.02. The lowest BCUT2D eigenvalue weighted by atomic mass is 9.89. The van der Waals surface area contributed by atoms with Crippen LogP contribution in [0.15, 0.2) is 17.3 Å². The standard InChI is InChI=1S/C9H8N2O/c12-10-8-2-1-6-3-4-11-5-7(6)9(8)11/h1-2H,3-5H2. The van der Waals surface area contributed by atoms with Crippen LogP contribution in [-0.4, -0.2) is 6.54 Å². The van der Waals surface area contributed by atoms with Gasteiger partial charge in [0.05, 0.1) is 5.69 Å². The van der Waals surface area contributed by atoms with Crippen LogP contribution >= 0.6 is 0 Å². The van der Waals surface area contributed by atoms with Crippen LogP contribution in [-0.2, 0) is 13.0 Å². The van der Waals surface area contributed by atoms with E-state index >= 15 is 0 Å². The quantitative estimate of drug-likeness (QED) is 0.588. The minimum absolute atomic E-state index is 0.611. The molecule has 0 unspecified atom stereocenters. The Kier molecular flexibility index (Phi) is 0.955. The van der Waals surface area contributed by atoms with E-state index in [9.17, 15) is 4.91 Å². The van der Waals surface area contributed by atoms with Gasteiger partial charge in [0.2, 0.25) is 0 Å². The Hall–Kier alpha value is -1.38. The highest BCUT2D eigenvalue weighted by molar-refractivity contribution is 5.80. The number of rotatable bonds is 1. The summed E-state index contributed by atoms with van der Waals surface area (Å²) in [6.07, 6.45) is 1.13. The molecule has 0 aliphatic carbocycles. The van der Waals surface area contributed by atoms with Crippen LogP contribution in [0.25, 0.3) is 0 Å². The number of benzene rings is 1. The molecule has 0 N–H and O–H groups in total. The SMILES string of the molecule is O=Nc1ccc2c3c1N(CC2)C3. The molecular weight excluding hydrogens is 152 g/mol. The fourth-order valence-electron chi connectivity index (χ4n) is 2.13. The molecule has 0 fully saturated rings. The summed E-state index contributed by atoms with van der Waals surface area (Å²) >= 11 is 0. The van der Waals surface area contributed by atoms with Gasteiger partial charge in [-0.05, 0) is 23.2 Å². The number of nitroso groups, excluding NO2 is 1. The summed E-state index contributed by atoms with van der Waals surface area (Å²) in [5.74, 6) is 0. The third-order valence-electron chi connectivity index (χ3n) is 2.77. The second kappa shape index (κ2) is 1.86. The van der Waals surface area contributed by atoms with E-state index in [1.54, 1.807) is 0 Å². The molecule has 0 saturated heterocycles. The predicted molar refractivity (Wildman–Crippen MR) is 46.7 cm³/mol. The Morgan fingerprint density at radius 3 is 3.08 bits per heavy atom.